The van der Waals surface area contributed by atoms with Gasteiger partial charge in [-0.3, -0.25) is 4.98 Å². The van der Waals surface area contributed by atoms with Crippen LogP contribution in [0.25, 0.3) is 10.9 Å². The molecule has 0 saturated carbocycles. The Morgan fingerprint density at radius 1 is 0.966 bits per heavy atom. The molecule has 2 heterocycles. The predicted octanol–water partition coefficient (Wildman–Crippen LogP) is 5.24. The fourth-order valence-corrected chi connectivity index (χ4v) is 3.32. The lowest BCUT2D eigenvalue weighted by Crippen LogP contribution is -2.11. The zero-order valence-electron chi connectivity index (χ0n) is 16.0. The van der Waals surface area contributed by atoms with E-state index >= 15 is 0 Å². The van der Waals surface area contributed by atoms with Gasteiger partial charge in [0.2, 0.25) is 5.95 Å². The Bertz CT molecular complexity index is 1050. The molecule has 29 heavy (non-hydrogen) atoms. The van der Waals surface area contributed by atoms with Crippen molar-refractivity contribution in [2.24, 2.45) is 0 Å². The number of aromatic nitrogens is 3. The Hall–Kier alpha value is -3.12. The van der Waals surface area contributed by atoms with Crippen LogP contribution in [-0.4, -0.2) is 28.0 Å². The average Bonchev–Trinajstić information content (AvgIpc) is 2.74. The molecule has 0 amide bonds. The van der Waals surface area contributed by atoms with Crippen LogP contribution in [0.1, 0.15) is 19.3 Å². The maximum absolute atomic E-state index is 6.05. The van der Waals surface area contributed by atoms with E-state index in [-0.39, 0.29) is 0 Å². The first-order chi connectivity index (χ1) is 14.3. The molecule has 0 atom stereocenters. The highest BCUT2D eigenvalue weighted by Crippen LogP contribution is 2.24. The third-order valence-electron chi connectivity index (χ3n) is 4.58. The van der Waals surface area contributed by atoms with Crippen molar-refractivity contribution in [3.05, 3.63) is 71.7 Å². The van der Waals surface area contributed by atoms with Gasteiger partial charge >= 0.3 is 0 Å². The van der Waals surface area contributed by atoms with Gasteiger partial charge in [-0.15, -0.1) is 0 Å². The van der Waals surface area contributed by atoms with Crippen LogP contribution < -0.4 is 16.0 Å². The minimum Gasteiger partial charge on any atom is -0.384 e. The molecule has 0 unspecified atom stereocenters. The lowest BCUT2D eigenvalue weighted by atomic mass is 10.1. The Balaban J connectivity index is 1.26. The third kappa shape index (κ3) is 5.23. The Labute approximate surface area is 175 Å². The summed E-state index contributed by atoms with van der Waals surface area (Å²) in [5.41, 5.74) is 3.03. The summed E-state index contributed by atoms with van der Waals surface area (Å²) in [4.78, 5) is 13.2. The maximum Gasteiger partial charge on any atom is 0.224 e. The molecule has 1 aliphatic carbocycles. The number of nitrogens with zero attached hydrogens (tertiary/aromatic N) is 3. The van der Waals surface area contributed by atoms with Crippen LogP contribution in [-0.2, 0) is 0 Å². The lowest BCUT2D eigenvalue weighted by Gasteiger charge is -2.12. The van der Waals surface area contributed by atoms with Gasteiger partial charge in [-0.05, 0) is 55.7 Å². The molecule has 3 N–H and O–H groups in total. The Morgan fingerprint density at radius 3 is 2.76 bits per heavy atom. The number of allylic oxidation sites excluding steroid dienone is 3. The highest BCUT2D eigenvalue weighted by Gasteiger charge is 2.04. The van der Waals surface area contributed by atoms with Gasteiger partial charge in [0.25, 0.3) is 0 Å². The number of anilines is 3. The van der Waals surface area contributed by atoms with Gasteiger partial charge in [-0.1, -0.05) is 23.8 Å². The van der Waals surface area contributed by atoms with E-state index in [1.165, 1.54) is 0 Å². The summed E-state index contributed by atoms with van der Waals surface area (Å²) in [6.45, 7) is 1.60. The normalized spacial score (nSPS) is 13.2. The second-order valence-corrected chi connectivity index (χ2v) is 7.19. The number of nitrogens with one attached hydrogen (secondary N) is 3. The number of fused-ring (bicyclic) bond motifs is 1. The molecule has 0 spiro atoms. The molecule has 1 aromatic carbocycles. The van der Waals surface area contributed by atoms with Crippen molar-refractivity contribution < 1.29 is 0 Å². The molecule has 0 radical (unpaired) electrons. The highest BCUT2D eigenvalue weighted by atomic mass is 35.5. The molecule has 6 nitrogen and oxygen atoms in total. The summed E-state index contributed by atoms with van der Waals surface area (Å²) in [5.74, 6) is 1.42. The van der Waals surface area contributed by atoms with Crippen LogP contribution >= 0.6 is 11.6 Å². The van der Waals surface area contributed by atoms with E-state index < -0.39 is 0 Å². The van der Waals surface area contributed by atoms with Crippen LogP contribution in [0.2, 0.25) is 5.02 Å². The third-order valence-corrected chi connectivity index (χ3v) is 4.81. The van der Waals surface area contributed by atoms with Crippen molar-refractivity contribution in [3.63, 3.8) is 0 Å². The molecule has 0 saturated heterocycles. The van der Waals surface area contributed by atoms with Gasteiger partial charge in [-0.25, -0.2) is 4.98 Å². The fraction of sp³-hybridized carbons (Fsp3) is 0.227. The molecular weight excluding hydrogens is 384 g/mol. The summed E-state index contributed by atoms with van der Waals surface area (Å²) < 4.78 is 0. The van der Waals surface area contributed by atoms with Crippen molar-refractivity contribution in [3.8, 4) is 0 Å². The molecule has 148 valence electrons. The van der Waals surface area contributed by atoms with Crippen molar-refractivity contribution in [1.29, 1.82) is 0 Å². The van der Waals surface area contributed by atoms with Crippen LogP contribution in [0.3, 0.4) is 0 Å². The molecule has 0 bridgehead atoms. The summed E-state index contributed by atoms with van der Waals surface area (Å²) in [6.07, 6.45) is 13.1. The number of hydrogen-bond donors (Lipinski definition) is 3. The van der Waals surface area contributed by atoms with E-state index in [1.807, 2.05) is 30.3 Å². The number of rotatable bonds is 8. The zero-order chi connectivity index (χ0) is 19.9. The predicted molar refractivity (Wildman–Crippen MR) is 120 cm³/mol. The first kappa shape index (κ1) is 19.2. The van der Waals surface area contributed by atoms with Crippen molar-refractivity contribution in [2.45, 2.75) is 19.3 Å². The summed E-state index contributed by atoms with van der Waals surface area (Å²) in [7, 11) is 0. The fourth-order valence-electron chi connectivity index (χ4n) is 3.15. The minimum absolute atomic E-state index is 0.624. The molecule has 0 fully saturated rings. The van der Waals surface area contributed by atoms with E-state index in [1.54, 1.807) is 12.4 Å². The molecular formula is C22H23ClN6. The first-order valence-electron chi connectivity index (χ1n) is 9.77. The smallest absolute Gasteiger partial charge is 0.224 e. The number of hydrogen-bond acceptors (Lipinski definition) is 6. The van der Waals surface area contributed by atoms with Gasteiger partial charge in [0.15, 0.2) is 0 Å². The van der Waals surface area contributed by atoms with E-state index in [4.69, 9.17) is 11.6 Å². The van der Waals surface area contributed by atoms with Gasteiger partial charge in [-0.2, -0.15) is 4.98 Å². The van der Waals surface area contributed by atoms with Gasteiger partial charge in [0, 0.05) is 47.3 Å². The number of benzene rings is 1. The van der Waals surface area contributed by atoms with Crippen LogP contribution in [0, 0.1) is 0 Å². The topological polar surface area (TPSA) is 74.8 Å². The molecule has 0 aliphatic heterocycles. The molecule has 1 aliphatic rings. The second-order valence-electron chi connectivity index (χ2n) is 6.76. The zero-order valence-corrected chi connectivity index (χ0v) is 16.8. The minimum atomic E-state index is 0.624. The standard InChI is InChI=1S/C22H23ClN6/c23-16-7-8-18-19(9-13-25-20(18)15-16)24-11-4-12-26-22-27-14-10-21(29-22)28-17-5-2-1-3-6-17/h2,5-10,13-15H,1,3-4,11-12H2,(H,24,25)(H2,26,27,28,29). The summed E-state index contributed by atoms with van der Waals surface area (Å²) >= 11 is 6.05. The van der Waals surface area contributed by atoms with E-state index in [2.05, 4.69) is 49.1 Å². The SMILES string of the molecule is Clc1ccc2c(NCCCNc3nccc(NC4=CCCC=C4)n3)ccnc2c1. The van der Waals surface area contributed by atoms with Gasteiger partial charge < -0.3 is 16.0 Å². The highest BCUT2D eigenvalue weighted by molar-refractivity contribution is 6.31. The van der Waals surface area contributed by atoms with Gasteiger partial charge in [0.1, 0.15) is 5.82 Å². The Morgan fingerprint density at radius 2 is 1.86 bits per heavy atom. The maximum atomic E-state index is 6.05. The molecule has 4 rings (SSSR count). The summed E-state index contributed by atoms with van der Waals surface area (Å²) in [5, 5.41) is 11.8. The molecule has 3 aromatic rings. The average molecular weight is 407 g/mol. The van der Waals surface area contributed by atoms with E-state index in [0.717, 1.165) is 60.5 Å². The first-order valence-corrected chi connectivity index (χ1v) is 10.1. The van der Waals surface area contributed by atoms with Crippen molar-refractivity contribution in [2.75, 3.05) is 29.0 Å². The van der Waals surface area contributed by atoms with Crippen LogP contribution in [0.4, 0.5) is 17.5 Å². The second kappa shape index (κ2) is 9.39. The Kier molecular flexibility index (Phi) is 6.22. The number of halogens is 1. The lowest BCUT2D eigenvalue weighted by molar-refractivity contribution is 0.896. The molecule has 2 aromatic heterocycles. The van der Waals surface area contributed by atoms with Crippen molar-refractivity contribution >= 4 is 40.0 Å². The van der Waals surface area contributed by atoms with Crippen molar-refractivity contribution in [1.82, 2.24) is 15.0 Å². The quantitative estimate of drug-likeness (QED) is 0.444. The molecule has 7 heteroatoms. The van der Waals surface area contributed by atoms with Crippen LogP contribution in [0.15, 0.2) is 66.7 Å². The van der Waals surface area contributed by atoms with Crippen LogP contribution in [0.5, 0.6) is 0 Å². The summed E-state index contributed by atoms with van der Waals surface area (Å²) in [6, 6.07) is 9.61. The van der Waals surface area contributed by atoms with E-state index in [0.29, 0.717) is 11.0 Å². The largest absolute Gasteiger partial charge is 0.384 e. The van der Waals surface area contributed by atoms with E-state index in [9.17, 15) is 0 Å². The van der Waals surface area contributed by atoms with Gasteiger partial charge in [0.05, 0.1) is 5.52 Å². The monoisotopic (exact) mass is 406 g/mol. The number of pyridine rings is 1.